The molecule has 0 unspecified atom stereocenters. The molecule has 96 valence electrons. The van der Waals surface area contributed by atoms with Gasteiger partial charge in [0.25, 0.3) is 0 Å². The first-order valence-electron chi connectivity index (χ1n) is 6.94. The molecule has 0 aliphatic carbocycles. The van der Waals surface area contributed by atoms with E-state index in [0.29, 0.717) is 0 Å². The summed E-state index contributed by atoms with van der Waals surface area (Å²) in [6.45, 7) is 9.96. The molecule has 1 aliphatic rings. The van der Waals surface area contributed by atoms with Gasteiger partial charge in [-0.2, -0.15) is 0 Å². The van der Waals surface area contributed by atoms with Crippen LogP contribution in [0.1, 0.15) is 39.0 Å². The lowest BCUT2D eigenvalue weighted by Crippen LogP contribution is -2.36. The fourth-order valence-electron chi connectivity index (χ4n) is 2.14. The van der Waals surface area contributed by atoms with Crippen LogP contribution in [0.4, 0.5) is 0 Å². The molecule has 0 aromatic carbocycles. The third kappa shape index (κ3) is 7.20. The summed E-state index contributed by atoms with van der Waals surface area (Å²) in [4.78, 5) is 2.58. The lowest BCUT2D eigenvalue weighted by molar-refractivity contribution is 0.143. The number of hydrogen-bond donors (Lipinski definition) is 1. The van der Waals surface area contributed by atoms with Crippen LogP contribution >= 0.6 is 0 Å². The van der Waals surface area contributed by atoms with E-state index in [1.54, 1.807) is 0 Å². The van der Waals surface area contributed by atoms with Crippen LogP contribution in [0.3, 0.4) is 0 Å². The largest absolute Gasteiger partial charge is 0.382 e. The molecule has 3 heteroatoms. The van der Waals surface area contributed by atoms with Crippen LogP contribution in [-0.2, 0) is 4.74 Å². The average Bonchev–Trinajstić information content (AvgIpc) is 2.34. The van der Waals surface area contributed by atoms with E-state index < -0.39 is 0 Å². The van der Waals surface area contributed by atoms with Gasteiger partial charge in [-0.25, -0.2) is 0 Å². The topological polar surface area (TPSA) is 24.5 Å². The maximum Gasteiger partial charge on any atom is 0.0466 e. The molecule has 1 N–H and O–H groups in total. The van der Waals surface area contributed by atoms with Gasteiger partial charge in [0.15, 0.2) is 0 Å². The Morgan fingerprint density at radius 3 is 2.62 bits per heavy atom. The molecule has 16 heavy (non-hydrogen) atoms. The molecule has 0 aromatic heterocycles. The van der Waals surface area contributed by atoms with Gasteiger partial charge in [-0.15, -0.1) is 0 Å². The Balaban J connectivity index is 1.77. The Kier molecular flexibility index (Phi) is 8.77. The molecule has 1 rings (SSSR count). The summed E-state index contributed by atoms with van der Waals surface area (Å²) in [5.74, 6) is 0. The lowest BCUT2D eigenvalue weighted by Gasteiger charge is -2.26. The summed E-state index contributed by atoms with van der Waals surface area (Å²) in [5, 5.41) is 3.51. The minimum atomic E-state index is 0.850. The van der Waals surface area contributed by atoms with E-state index in [1.165, 1.54) is 51.7 Å². The Morgan fingerprint density at radius 2 is 1.88 bits per heavy atom. The molecule has 0 radical (unpaired) electrons. The van der Waals surface area contributed by atoms with E-state index >= 15 is 0 Å². The standard InChI is InChI=1S/C13H28N2O/c1-2-16-13-7-4-8-14-9-12-15-10-5-3-6-11-15/h14H,2-13H2,1H3. The van der Waals surface area contributed by atoms with Gasteiger partial charge < -0.3 is 15.0 Å². The van der Waals surface area contributed by atoms with E-state index in [2.05, 4.69) is 17.1 Å². The number of ether oxygens (including phenoxy) is 1. The van der Waals surface area contributed by atoms with Crippen LogP contribution in [0.2, 0.25) is 0 Å². The van der Waals surface area contributed by atoms with E-state index in [0.717, 1.165) is 26.3 Å². The van der Waals surface area contributed by atoms with E-state index in [9.17, 15) is 0 Å². The third-order valence-corrected chi connectivity index (χ3v) is 3.15. The second-order valence-electron chi connectivity index (χ2n) is 4.56. The van der Waals surface area contributed by atoms with Gasteiger partial charge in [0.2, 0.25) is 0 Å². The zero-order chi connectivity index (χ0) is 11.5. The first-order chi connectivity index (χ1) is 7.93. The summed E-state index contributed by atoms with van der Waals surface area (Å²) in [7, 11) is 0. The monoisotopic (exact) mass is 228 g/mol. The first-order valence-corrected chi connectivity index (χ1v) is 6.94. The Labute approximate surface area is 101 Å². The second-order valence-corrected chi connectivity index (χ2v) is 4.56. The summed E-state index contributed by atoms with van der Waals surface area (Å²) in [6, 6.07) is 0. The van der Waals surface area contributed by atoms with Crippen LogP contribution in [0.5, 0.6) is 0 Å². The number of hydrogen-bond acceptors (Lipinski definition) is 3. The molecule has 0 amide bonds. The normalized spacial score (nSPS) is 17.8. The maximum absolute atomic E-state index is 5.30. The molecule has 1 heterocycles. The van der Waals surface area contributed by atoms with E-state index in [4.69, 9.17) is 4.74 Å². The molecular formula is C13H28N2O. The predicted octanol–water partition coefficient (Wildman–Crippen LogP) is 1.88. The van der Waals surface area contributed by atoms with E-state index in [1.807, 2.05) is 0 Å². The zero-order valence-corrected chi connectivity index (χ0v) is 10.8. The second kappa shape index (κ2) is 10.1. The molecule has 0 aromatic rings. The number of rotatable bonds is 9. The van der Waals surface area contributed by atoms with Gasteiger partial charge in [-0.3, -0.25) is 0 Å². The van der Waals surface area contributed by atoms with Gasteiger partial charge in [-0.1, -0.05) is 6.42 Å². The highest BCUT2D eigenvalue weighted by atomic mass is 16.5. The minimum Gasteiger partial charge on any atom is -0.382 e. The number of likely N-dealkylation sites (tertiary alicyclic amines) is 1. The summed E-state index contributed by atoms with van der Waals surface area (Å²) < 4.78 is 5.30. The molecular weight excluding hydrogens is 200 g/mol. The minimum absolute atomic E-state index is 0.850. The van der Waals surface area contributed by atoms with Gasteiger partial charge in [0.05, 0.1) is 0 Å². The SMILES string of the molecule is CCOCCCCNCCN1CCCCC1. The van der Waals surface area contributed by atoms with Crippen molar-refractivity contribution in [1.82, 2.24) is 10.2 Å². The molecule has 0 atom stereocenters. The average molecular weight is 228 g/mol. The Bertz CT molecular complexity index is 147. The summed E-state index contributed by atoms with van der Waals surface area (Å²) in [6.07, 6.45) is 6.65. The quantitative estimate of drug-likeness (QED) is 0.610. The number of nitrogens with zero attached hydrogens (tertiary/aromatic N) is 1. The fourth-order valence-corrected chi connectivity index (χ4v) is 2.14. The van der Waals surface area contributed by atoms with Gasteiger partial charge in [-0.05, 0) is 52.2 Å². The maximum atomic E-state index is 5.30. The van der Waals surface area contributed by atoms with Crippen LogP contribution in [0, 0.1) is 0 Å². The smallest absolute Gasteiger partial charge is 0.0466 e. The van der Waals surface area contributed by atoms with Crippen LogP contribution in [0.15, 0.2) is 0 Å². The van der Waals surface area contributed by atoms with E-state index in [-0.39, 0.29) is 0 Å². The van der Waals surface area contributed by atoms with Crippen LogP contribution in [0.25, 0.3) is 0 Å². The van der Waals surface area contributed by atoms with Crippen molar-refractivity contribution in [3.8, 4) is 0 Å². The van der Waals surface area contributed by atoms with Crippen molar-refractivity contribution in [2.24, 2.45) is 0 Å². The predicted molar refractivity (Wildman–Crippen MR) is 68.9 cm³/mol. The van der Waals surface area contributed by atoms with Crippen molar-refractivity contribution < 1.29 is 4.74 Å². The van der Waals surface area contributed by atoms with Gasteiger partial charge >= 0.3 is 0 Å². The van der Waals surface area contributed by atoms with Gasteiger partial charge in [0.1, 0.15) is 0 Å². The van der Waals surface area contributed by atoms with Crippen molar-refractivity contribution in [3.05, 3.63) is 0 Å². The van der Waals surface area contributed by atoms with Crippen LogP contribution in [-0.4, -0.2) is 50.8 Å². The highest BCUT2D eigenvalue weighted by Crippen LogP contribution is 2.07. The lowest BCUT2D eigenvalue weighted by atomic mass is 10.1. The molecule has 1 fully saturated rings. The van der Waals surface area contributed by atoms with Crippen molar-refractivity contribution >= 4 is 0 Å². The molecule has 1 saturated heterocycles. The fraction of sp³-hybridized carbons (Fsp3) is 1.00. The van der Waals surface area contributed by atoms with Crippen molar-refractivity contribution in [2.45, 2.75) is 39.0 Å². The summed E-state index contributed by atoms with van der Waals surface area (Å²) in [5.41, 5.74) is 0. The molecule has 0 saturated carbocycles. The number of unbranched alkanes of at least 4 members (excludes halogenated alkanes) is 1. The molecule has 3 nitrogen and oxygen atoms in total. The van der Waals surface area contributed by atoms with Crippen molar-refractivity contribution in [3.63, 3.8) is 0 Å². The number of nitrogens with one attached hydrogen (secondary N) is 1. The molecule has 0 bridgehead atoms. The highest BCUT2D eigenvalue weighted by Gasteiger charge is 2.08. The Morgan fingerprint density at radius 1 is 1.06 bits per heavy atom. The number of piperidine rings is 1. The van der Waals surface area contributed by atoms with Crippen molar-refractivity contribution in [2.75, 3.05) is 45.9 Å². The summed E-state index contributed by atoms with van der Waals surface area (Å²) >= 11 is 0. The molecule has 1 aliphatic heterocycles. The van der Waals surface area contributed by atoms with Gasteiger partial charge in [0, 0.05) is 26.3 Å². The highest BCUT2D eigenvalue weighted by molar-refractivity contribution is 4.65. The molecule has 0 spiro atoms. The Hall–Kier alpha value is -0.120. The van der Waals surface area contributed by atoms with Crippen LogP contribution < -0.4 is 5.32 Å². The third-order valence-electron chi connectivity index (χ3n) is 3.15. The van der Waals surface area contributed by atoms with Crippen molar-refractivity contribution in [1.29, 1.82) is 0 Å². The zero-order valence-electron chi connectivity index (χ0n) is 10.8. The first kappa shape index (κ1) is 13.9.